The minimum Gasteiger partial charge on any atom is -0.478 e. The first kappa shape index (κ1) is 38.9. The summed E-state index contributed by atoms with van der Waals surface area (Å²) in [6.07, 6.45) is 5.89. The third kappa shape index (κ3) is 16.4. The number of likely N-dealkylation sites (tertiary alicyclic amines) is 1. The number of hydrogen-bond acceptors (Lipinski definition) is 5. The smallest absolute Gasteiger partial charge is 0.478 e. The first-order chi connectivity index (χ1) is 19.8. The summed E-state index contributed by atoms with van der Waals surface area (Å²) in [5.41, 5.74) is 3.00. The van der Waals surface area contributed by atoms with Crippen molar-refractivity contribution in [2.75, 3.05) is 26.7 Å². The average molecular weight is 617 g/mol. The highest BCUT2D eigenvalue weighted by molar-refractivity contribution is 6.31. The van der Waals surface area contributed by atoms with Crippen LogP contribution in [0, 0.1) is 11.8 Å². The van der Waals surface area contributed by atoms with Gasteiger partial charge in [0, 0.05) is 11.6 Å². The van der Waals surface area contributed by atoms with Gasteiger partial charge in [-0.25, -0.2) is 9.59 Å². The fraction of sp³-hybridized carbons (Fsp3) is 0.516. The van der Waals surface area contributed by atoms with E-state index in [0.717, 1.165) is 61.7 Å². The van der Waals surface area contributed by atoms with E-state index in [1.807, 2.05) is 19.9 Å². The minimum atomic E-state index is -5.08. The van der Waals surface area contributed by atoms with Crippen molar-refractivity contribution < 1.29 is 37.8 Å². The van der Waals surface area contributed by atoms with Crippen LogP contribution in [0.3, 0.4) is 0 Å². The Hall–Kier alpha value is -3.11. The fourth-order valence-corrected chi connectivity index (χ4v) is 4.01. The standard InChI is InChI=1S/C22H27ClN2O3.C5H10.C2HF3O2.C2H6/c1-4-5-20(16(2)23)15-25-12-10-17(11-13-25)14-21(24-28-3)18-6-8-19(9-7-18)22(26)27;1-2-5-3-4-5;3-2(4,5)1(6)7;1-2/h4-9,17H,1-2,10-15H2,3H3,(H,26,27);5H,2-4H2,1H3;(H,6,7);1-2H3/b20-5-,24-21+;;;. The summed E-state index contributed by atoms with van der Waals surface area (Å²) in [7, 11) is 1.53. The zero-order valence-electron chi connectivity index (χ0n) is 24.9. The maximum Gasteiger partial charge on any atom is 0.490 e. The van der Waals surface area contributed by atoms with Gasteiger partial charge in [0.25, 0.3) is 0 Å². The number of halogens is 4. The van der Waals surface area contributed by atoms with E-state index < -0.39 is 18.1 Å². The van der Waals surface area contributed by atoms with E-state index >= 15 is 0 Å². The third-order valence-corrected chi connectivity index (χ3v) is 6.68. The number of alkyl halides is 3. The van der Waals surface area contributed by atoms with Gasteiger partial charge in [-0.2, -0.15) is 13.2 Å². The molecule has 1 heterocycles. The van der Waals surface area contributed by atoms with Crippen LogP contribution in [0.1, 0.15) is 75.2 Å². The van der Waals surface area contributed by atoms with Crippen LogP contribution in [0.2, 0.25) is 0 Å². The van der Waals surface area contributed by atoms with Crippen molar-refractivity contribution in [2.24, 2.45) is 17.0 Å². The molecule has 1 aromatic carbocycles. The molecule has 2 fully saturated rings. The summed E-state index contributed by atoms with van der Waals surface area (Å²) < 4.78 is 31.7. The van der Waals surface area contributed by atoms with Crippen LogP contribution in [0.25, 0.3) is 0 Å². The number of nitrogens with zero attached hydrogens (tertiary/aromatic N) is 2. The van der Waals surface area contributed by atoms with E-state index in [2.05, 4.69) is 30.1 Å². The topological polar surface area (TPSA) is 99.4 Å². The van der Waals surface area contributed by atoms with Crippen molar-refractivity contribution in [1.82, 2.24) is 4.90 Å². The Labute approximate surface area is 252 Å². The second kappa shape index (κ2) is 20.7. The van der Waals surface area contributed by atoms with Crippen LogP contribution in [0.4, 0.5) is 13.2 Å². The van der Waals surface area contributed by atoms with Crippen molar-refractivity contribution in [3.8, 4) is 0 Å². The van der Waals surface area contributed by atoms with Crippen molar-refractivity contribution in [3.05, 3.63) is 71.3 Å². The highest BCUT2D eigenvalue weighted by atomic mass is 35.5. The number of hydrogen-bond donors (Lipinski definition) is 2. The first-order valence-corrected chi connectivity index (χ1v) is 14.3. The lowest BCUT2D eigenvalue weighted by Crippen LogP contribution is -2.35. The molecule has 42 heavy (non-hydrogen) atoms. The van der Waals surface area contributed by atoms with Gasteiger partial charge in [0.15, 0.2) is 0 Å². The maximum atomic E-state index is 11.0. The second-order valence-electron chi connectivity index (χ2n) is 9.51. The molecule has 1 aromatic rings. The molecule has 11 heteroatoms. The molecular weight excluding hydrogens is 573 g/mol. The molecule has 0 bridgehead atoms. The molecule has 0 atom stereocenters. The summed E-state index contributed by atoms with van der Waals surface area (Å²) in [5, 5.41) is 20.9. The second-order valence-corrected chi connectivity index (χ2v) is 9.97. The Bertz CT molecular complexity index is 1040. The van der Waals surface area contributed by atoms with E-state index in [4.69, 9.17) is 31.4 Å². The van der Waals surface area contributed by atoms with E-state index in [0.29, 0.717) is 11.0 Å². The molecule has 7 nitrogen and oxygen atoms in total. The monoisotopic (exact) mass is 616 g/mol. The van der Waals surface area contributed by atoms with E-state index in [9.17, 15) is 18.0 Å². The number of carboxylic acids is 2. The molecule has 0 spiro atoms. The van der Waals surface area contributed by atoms with Gasteiger partial charge in [-0.1, -0.05) is 94.2 Å². The van der Waals surface area contributed by atoms with Crippen molar-refractivity contribution >= 4 is 29.3 Å². The number of rotatable bonds is 10. The Morgan fingerprint density at radius 1 is 1.07 bits per heavy atom. The molecule has 3 rings (SSSR count). The molecule has 0 unspecified atom stereocenters. The molecular formula is C31H44ClF3N2O5. The average Bonchev–Trinajstić information content (AvgIpc) is 3.80. The summed E-state index contributed by atoms with van der Waals surface area (Å²) >= 11 is 6.07. The largest absolute Gasteiger partial charge is 0.490 e. The van der Waals surface area contributed by atoms with E-state index in [1.165, 1.54) is 26.4 Å². The fourth-order valence-electron chi connectivity index (χ4n) is 3.88. The number of benzene rings is 1. The summed E-state index contributed by atoms with van der Waals surface area (Å²) in [5.74, 6) is -2.06. The lowest BCUT2D eigenvalue weighted by molar-refractivity contribution is -0.192. The summed E-state index contributed by atoms with van der Waals surface area (Å²) in [4.78, 5) is 27.3. The Kier molecular flexibility index (Phi) is 19.2. The molecule has 1 saturated carbocycles. The Morgan fingerprint density at radius 3 is 1.90 bits per heavy atom. The molecule has 1 aliphatic carbocycles. The SMILES string of the molecule is C=C/C=C(/CN1CCC(C/C(=N\OC)c2ccc(C(=O)O)cc2)CC1)C(=C)Cl.CC.CCC1CC1.O=C(O)C(F)(F)F. The highest BCUT2D eigenvalue weighted by Gasteiger charge is 2.38. The van der Waals surface area contributed by atoms with Gasteiger partial charge in [0.2, 0.25) is 0 Å². The number of aromatic carboxylic acids is 1. The zero-order valence-corrected chi connectivity index (χ0v) is 25.7. The Morgan fingerprint density at radius 2 is 1.57 bits per heavy atom. The van der Waals surface area contributed by atoms with E-state index in [1.54, 1.807) is 30.3 Å². The zero-order chi connectivity index (χ0) is 32.3. The lowest BCUT2D eigenvalue weighted by atomic mass is 9.89. The normalized spacial score (nSPS) is 15.9. The van der Waals surface area contributed by atoms with Gasteiger partial charge < -0.3 is 15.1 Å². The van der Waals surface area contributed by atoms with Crippen LogP contribution in [0.5, 0.6) is 0 Å². The summed E-state index contributed by atoms with van der Waals surface area (Å²) in [6, 6.07) is 6.76. The van der Waals surface area contributed by atoms with Crippen LogP contribution < -0.4 is 0 Å². The van der Waals surface area contributed by atoms with Crippen LogP contribution in [-0.4, -0.2) is 65.7 Å². The molecule has 2 aliphatic rings. The molecule has 1 aliphatic heterocycles. The first-order valence-electron chi connectivity index (χ1n) is 13.9. The van der Waals surface area contributed by atoms with Crippen LogP contribution in [0.15, 0.2) is 65.3 Å². The number of carbonyl (C=O) groups is 2. The van der Waals surface area contributed by atoms with Gasteiger partial charge in [0.05, 0.1) is 11.3 Å². The predicted octanol–water partition coefficient (Wildman–Crippen LogP) is 8.17. The van der Waals surface area contributed by atoms with Crippen molar-refractivity contribution in [1.29, 1.82) is 0 Å². The third-order valence-electron chi connectivity index (χ3n) is 6.43. The number of piperidine rings is 1. The summed E-state index contributed by atoms with van der Waals surface area (Å²) in [6.45, 7) is 16.5. The lowest BCUT2D eigenvalue weighted by Gasteiger charge is -2.32. The minimum absolute atomic E-state index is 0.262. The number of aliphatic carboxylic acids is 1. The molecule has 0 aromatic heterocycles. The van der Waals surface area contributed by atoms with Crippen molar-refractivity contribution in [3.63, 3.8) is 0 Å². The molecule has 1 saturated heterocycles. The van der Waals surface area contributed by atoms with Crippen LogP contribution in [-0.2, 0) is 9.63 Å². The van der Waals surface area contributed by atoms with Gasteiger partial charge in [-0.05, 0) is 67.5 Å². The van der Waals surface area contributed by atoms with Gasteiger partial charge in [-0.15, -0.1) is 0 Å². The van der Waals surface area contributed by atoms with Gasteiger partial charge in [0.1, 0.15) is 7.11 Å². The predicted molar refractivity (Wildman–Crippen MR) is 162 cm³/mol. The molecule has 0 amide bonds. The quantitative estimate of drug-likeness (QED) is 0.156. The van der Waals surface area contributed by atoms with Gasteiger partial charge in [-0.3, -0.25) is 4.90 Å². The maximum absolute atomic E-state index is 11.0. The van der Waals surface area contributed by atoms with Gasteiger partial charge >= 0.3 is 18.1 Å². The number of allylic oxidation sites excluding steroid dienone is 2. The Balaban J connectivity index is 0.000000985. The highest BCUT2D eigenvalue weighted by Crippen LogP contribution is 2.31. The van der Waals surface area contributed by atoms with Crippen molar-refractivity contribution in [2.45, 2.75) is 65.5 Å². The number of oxime groups is 1. The number of carboxylic acid groups (broad SMARTS) is 2. The molecule has 0 radical (unpaired) electrons. The molecule has 236 valence electrons. The van der Waals surface area contributed by atoms with Crippen LogP contribution >= 0.6 is 11.6 Å². The van der Waals surface area contributed by atoms with E-state index in [-0.39, 0.29) is 5.56 Å². The molecule has 2 N–H and O–H groups in total.